The molecule has 96 valence electrons. The zero-order chi connectivity index (χ0) is 12.0. The van der Waals surface area contributed by atoms with E-state index in [1.165, 1.54) is 0 Å². The highest BCUT2D eigenvalue weighted by Gasteiger charge is 2.29. The number of nitrogens with zero attached hydrogens (tertiary/aromatic N) is 1. The molecule has 0 aromatic rings. The van der Waals surface area contributed by atoms with Gasteiger partial charge in [0.15, 0.2) is 0 Å². The molecule has 0 spiro atoms. The second kappa shape index (κ2) is 6.42. The molecule has 1 heterocycles. The number of piperidine rings is 1. The number of rotatable bonds is 5. The van der Waals surface area contributed by atoms with Gasteiger partial charge in [-0.25, -0.2) is 0 Å². The van der Waals surface area contributed by atoms with E-state index in [0.717, 1.165) is 32.5 Å². The van der Waals surface area contributed by atoms with Crippen LogP contribution in [0.4, 0.5) is 13.2 Å². The van der Waals surface area contributed by atoms with Gasteiger partial charge < -0.3 is 10.2 Å². The van der Waals surface area contributed by atoms with Crippen molar-refractivity contribution >= 4 is 0 Å². The molecule has 1 fully saturated rings. The Balaban J connectivity index is 2.16. The third kappa shape index (κ3) is 5.67. The summed E-state index contributed by atoms with van der Waals surface area (Å²) in [6.45, 7) is 2.76. The van der Waals surface area contributed by atoms with Gasteiger partial charge in [0.1, 0.15) is 0 Å². The van der Waals surface area contributed by atoms with E-state index < -0.39 is 6.36 Å². The third-order valence-electron chi connectivity index (χ3n) is 2.77. The fourth-order valence-corrected chi connectivity index (χ4v) is 2.10. The monoisotopic (exact) mass is 240 g/mol. The van der Waals surface area contributed by atoms with Crippen molar-refractivity contribution in [3.8, 4) is 0 Å². The Hall–Kier alpha value is -0.330. The molecule has 3 nitrogen and oxygen atoms in total. The summed E-state index contributed by atoms with van der Waals surface area (Å²) < 4.78 is 39.0. The lowest BCUT2D eigenvalue weighted by atomic mass is 9.98. The molecule has 0 amide bonds. The lowest BCUT2D eigenvalue weighted by Gasteiger charge is -2.32. The highest BCUT2D eigenvalue weighted by atomic mass is 19.4. The minimum atomic E-state index is -4.50. The van der Waals surface area contributed by atoms with Crippen LogP contribution in [0.1, 0.15) is 12.8 Å². The summed E-state index contributed by atoms with van der Waals surface area (Å²) in [7, 11) is 1.89. The summed E-state index contributed by atoms with van der Waals surface area (Å²) >= 11 is 0. The molecule has 1 rings (SSSR count). The SMILES string of the molecule is CNCC1CCCN(CCOC(F)(F)F)C1. The van der Waals surface area contributed by atoms with Gasteiger partial charge in [-0.2, -0.15) is 0 Å². The van der Waals surface area contributed by atoms with Crippen LogP contribution in [0.15, 0.2) is 0 Å². The van der Waals surface area contributed by atoms with Crippen LogP contribution in [0.25, 0.3) is 0 Å². The number of nitrogens with one attached hydrogen (secondary N) is 1. The predicted molar refractivity (Wildman–Crippen MR) is 55.1 cm³/mol. The molecule has 1 N–H and O–H groups in total. The smallest absolute Gasteiger partial charge is 0.319 e. The van der Waals surface area contributed by atoms with Gasteiger partial charge in [-0.15, -0.1) is 13.2 Å². The average molecular weight is 240 g/mol. The van der Waals surface area contributed by atoms with Crippen molar-refractivity contribution in [3.05, 3.63) is 0 Å². The third-order valence-corrected chi connectivity index (χ3v) is 2.77. The molecule has 0 radical (unpaired) electrons. The Morgan fingerprint density at radius 3 is 2.81 bits per heavy atom. The highest BCUT2D eigenvalue weighted by molar-refractivity contribution is 4.73. The van der Waals surface area contributed by atoms with Gasteiger partial charge in [0.2, 0.25) is 0 Å². The number of halogens is 3. The quantitative estimate of drug-likeness (QED) is 0.787. The van der Waals surface area contributed by atoms with Gasteiger partial charge in [0, 0.05) is 13.1 Å². The second-order valence-corrected chi connectivity index (χ2v) is 4.16. The topological polar surface area (TPSA) is 24.5 Å². The molecule has 1 unspecified atom stereocenters. The first-order chi connectivity index (χ1) is 7.51. The van der Waals surface area contributed by atoms with E-state index in [-0.39, 0.29) is 6.61 Å². The van der Waals surface area contributed by atoms with Crippen molar-refractivity contribution in [2.45, 2.75) is 19.2 Å². The highest BCUT2D eigenvalue weighted by Crippen LogP contribution is 2.18. The lowest BCUT2D eigenvalue weighted by molar-refractivity contribution is -0.325. The van der Waals surface area contributed by atoms with Crippen LogP contribution in [0.3, 0.4) is 0 Å². The van der Waals surface area contributed by atoms with Gasteiger partial charge in [-0.3, -0.25) is 4.74 Å². The number of ether oxygens (including phenoxy) is 1. The second-order valence-electron chi connectivity index (χ2n) is 4.16. The molecule has 0 aromatic carbocycles. The van der Waals surface area contributed by atoms with Crippen LogP contribution >= 0.6 is 0 Å². The Kier molecular flexibility index (Phi) is 5.51. The van der Waals surface area contributed by atoms with E-state index in [4.69, 9.17) is 0 Å². The summed E-state index contributed by atoms with van der Waals surface area (Å²) in [4.78, 5) is 2.04. The van der Waals surface area contributed by atoms with Gasteiger partial charge in [-0.05, 0) is 38.9 Å². The molecule has 0 bridgehead atoms. The maximum Gasteiger partial charge on any atom is 0.522 e. The van der Waals surface area contributed by atoms with E-state index in [2.05, 4.69) is 10.1 Å². The fourth-order valence-electron chi connectivity index (χ4n) is 2.10. The van der Waals surface area contributed by atoms with Gasteiger partial charge in [0.25, 0.3) is 0 Å². The van der Waals surface area contributed by atoms with Crippen LogP contribution in [-0.4, -0.2) is 51.1 Å². The van der Waals surface area contributed by atoms with Crippen LogP contribution in [-0.2, 0) is 4.74 Å². The normalized spacial score (nSPS) is 23.6. The zero-order valence-corrected chi connectivity index (χ0v) is 9.52. The average Bonchev–Trinajstić information content (AvgIpc) is 2.17. The van der Waals surface area contributed by atoms with E-state index in [1.807, 2.05) is 11.9 Å². The molecular weight excluding hydrogens is 221 g/mol. The fraction of sp³-hybridized carbons (Fsp3) is 1.00. The standard InChI is InChI=1S/C10H19F3N2O/c1-14-7-9-3-2-4-15(8-9)5-6-16-10(11,12)13/h9,14H,2-8H2,1H3. The maximum atomic E-state index is 11.8. The maximum absolute atomic E-state index is 11.8. The number of hydrogen-bond donors (Lipinski definition) is 1. The minimum Gasteiger partial charge on any atom is -0.319 e. The van der Waals surface area contributed by atoms with Gasteiger partial charge in [-0.1, -0.05) is 0 Å². The Bertz CT molecular complexity index is 197. The molecule has 1 atom stereocenters. The van der Waals surface area contributed by atoms with Crippen molar-refractivity contribution in [1.82, 2.24) is 10.2 Å². The van der Waals surface area contributed by atoms with Crippen LogP contribution < -0.4 is 5.32 Å². The number of hydrogen-bond acceptors (Lipinski definition) is 3. The predicted octanol–water partition coefficient (Wildman–Crippen LogP) is 1.45. The summed E-state index contributed by atoms with van der Waals surface area (Å²) in [5.74, 6) is 0.546. The summed E-state index contributed by atoms with van der Waals surface area (Å²) in [6.07, 6.45) is -2.30. The summed E-state index contributed by atoms with van der Waals surface area (Å²) in [5.41, 5.74) is 0. The molecule has 0 aromatic heterocycles. The van der Waals surface area contributed by atoms with Crippen LogP contribution in [0.5, 0.6) is 0 Å². The first-order valence-electron chi connectivity index (χ1n) is 5.59. The van der Waals surface area contributed by atoms with Crippen LogP contribution in [0.2, 0.25) is 0 Å². The number of likely N-dealkylation sites (tertiary alicyclic amines) is 1. The number of alkyl halides is 3. The van der Waals surface area contributed by atoms with Gasteiger partial charge >= 0.3 is 6.36 Å². The molecule has 6 heteroatoms. The van der Waals surface area contributed by atoms with Crippen molar-refractivity contribution < 1.29 is 17.9 Å². The van der Waals surface area contributed by atoms with Crippen molar-refractivity contribution in [1.29, 1.82) is 0 Å². The van der Waals surface area contributed by atoms with Crippen molar-refractivity contribution in [2.75, 3.05) is 39.8 Å². The van der Waals surface area contributed by atoms with Crippen LogP contribution in [0, 0.1) is 5.92 Å². The molecule has 0 aliphatic carbocycles. The Morgan fingerprint density at radius 2 is 2.19 bits per heavy atom. The summed E-state index contributed by atoms with van der Waals surface area (Å²) in [5, 5.41) is 3.10. The van der Waals surface area contributed by atoms with E-state index in [1.54, 1.807) is 0 Å². The molecule has 1 aliphatic heterocycles. The van der Waals surface area contributed by atoms with E-state index in [9.17, 15) is 13.2 Å². The minimum absolute atomic E-state index is 0.268. The van der Waals surface area contributed by atoms with E-state index >= 15 is 0 Å². The molecule has 0 saturated carbocycles. The molecule has 1 saturated heterocycles. The van der Waals surface area contributed by atoms with Gasteiger partial charge in [0.05, 0.1) is 6.61 Å². The molecular formula is C10H19F3N2O. The van der Waals surface area contributed by atoms with Crippen molar-refractivity contribution in [2.24, 2.45) is 5.92 Å². The zero-order valence-electron chi connectivity index (χ0n) is 9.52. The molecule has 1 aliphatic rings. The lowest BCUT2D eigenvalue weighted by Crippen LogP contribution is -2.41. The van der Waals surface area contributed by atoms with Crippen molar-refractivity contribution in [3.63, 3.8) is 0 Å². The first kappa shape index (κ1) is 13.7. The largest absolute Gasteiger partial charge is 0.522 e. The Morgan fingerprint density at radius 1 is 1.44 bits per heavy atom. The first-order valence-corrected chi connectivity index (χ1v) is 5.59. The molecule has 16 heavy (non-hydrogen) atoms. The van der Waals surface area contributed by atoms with E-state index in [0.29, 0.717) is 12.5 Å². The Labute approximate surface area is 93.9 Å². The summed E-state index contributed by atoms with van der Waals surface area (Å²) in [6, 6.07) is 0.